The van der Waals surface area contributed by atoms with Crippen molar-refractivity contribution < 1.29 is 28.2 Å². The molecule has 164 valence electrons. The molecule has 7 heteroatoms. The first-order chi connectivity index (χ1) is 14.5. The zero-order valence-electron chi connectivity index (χ0n) is 18.5. The lowest BCUT2D eigenvalue weighted by atomic mass is 9.87. The minimum Gasteiger partial charge on any atom is -0.483 e. The van der Waals surface area contributed by atoms with Crippen LogP contribution in [0.25, 0.3) is 11.0 Å². The van der Waals surface area contributed by atoms with Crippen molar-refractivity contribution in [1.29, 1.82) is 0 Å². The number of carbonyl (C=O) groups is 2. The van der Waals surface area contributed by atoms with Gasteiger partial charge >= 0.3 is 17.6 Å². The van der Waals surface area contributed by atoms with Gasteiger partial charge in [-0.1, -0.05) is 11.6 Å². The summed E-state index contributed by atoms with van der Waals surface area (Å²) in [5, 5.41) is 0.625. The summed E-state index contributed by atoms with van der Waals surface area (Å²) in [5.74, 6) is -0.775. The number of hydrogen-bond donors (Lipinski definition) is 0. The Kier molecular flexibility index (Phi) is 6.06. The molecule has 0 saturated heterocycles. The van der Waals surface area contributed by atoms with Crippen molar-refractivity contribution in [2.24, 2.45) is 0 Å². The molecule has 0 saturated carbocycles. The van der Waals surface area contributed by atoms with E-state index in [4.69, 9.17) is 18.6 Å². The number of carbonyl (C=O) groups excluding carboxylic acids is 2. The predicted molar refractivity (Wildman–Crippen MR) is 115 cm³/mol. The van der Waals surface area contributed by atoms with Crippen molar-refractivity contribution in [3.63, 3.8) is 0 Å². The molecule has 0 N–H and O–H groups in total. The maximum atomic E-state index is 12.7. The lowest BCUT2D eigenvalue weighted by Gasteiger charge is -2.43. The number of esters is 2. The molecule has 0 unspecified atom stereocenters. The van der Waals surface area contributed by atoms with Gasteiger partial charge in [-0.2, -0.15) is 0 Å². The van der Waals surface area contributed by atoms with Crippen molar-refractivity contribution in [3.05, 3.63) is 63.5 Å². The van der Waals surface area contributed by atoms with Crippen LogP contribution in [0.3, 0.4) is 0 Å². The fourth-order valence-corrected chi connectivity index (χ4v) is 3.40. The summed E-state index contributed by atoms with van der Waals surface area (Å²) in [5.41, 5.74) is 0.131. The monoisotopic (exact) mass is 426 g/mol. The molecule has 0 spiro atoms. The maximum Gasteiger partial charge on any atom is 0.336 e. The van der Waals surface area contributed by atoms with E-state index in [1.807, 2.05) is 0 Å². The zero-order chi connectivity index (χ0) is 22.9. The lowest BCUT2D eigenvalue weighted by Crippen LogP contribution is -2.52. The summed E-state index contributed by atoms with van der Waals surface area (Å²) in [6.07, 6.45) is 0.934. The number of allylic oxidation sites excluding steroid dienone is 2. The van der Waals surface area contributed by atoms with Crippen molar-refractivity contribution >= 4 is 22.9 Å². The largest absolute Gasteiger partial charge is 0.483 e. The van der Waals surface area contributed by atoms with Crippen LogP contribution in [0.2, 0.25) is 0 Å². The highest BCUT2D eigenvalue weighted by atomic mass is 16.6. The Morgan fingerprint density at radius 3 is 2.39 bits per heavy atom. The van der Waals surface area contributed by atoms with Crippen LogP contribution >= 0.6 is 0 Å². The Hall–Kier alpha value is -3.35. The molecule has 1 aromatic carbocycles. The fraction of sp³-hybridized carbons (Fsp3) is 0.375. The molecule has 0 bridgehead atoms. The van der Waals surface area contributed by atoms with E-state index >= 15 is 0 Å². The molecule has 0 amide bonds. The van der Waals surface area contributed by atoms with Gasteiger partial charge in [0.15, 0.2) is 12.2 Å². The quantitative estimate of drug-likeness (QED) is 0.407. The van der Waals surface area contributed by atoms with Crippen LogP contribution in [0.15, 0.2) is 56.8 Å². The van der Waals surface area contributed by atoms with Gasteiger partial charge in [-0.05, 0) is 59.7 Å². The first-order valence-corrected chi connectivity index (χ1v) is 9.98. The second kappa shape index (κ2) is 8.41. The molecule has 1 aliphatic rings. The van der Waals surface area contributed by atoms with Crippen molar-refractivity contribution in [3.8, 4) is 5.75 Å². The third-order valence-electron chi connectivity index (χ3n) is 5.04. The Labute approximate surface area is 180 Å². The second-order valence-electron chi connectivity index (χ2n) is 8.23. The summed E-state index contributed by atoms with van der Waals surface area (Å²) in [6.45, 7) is 10.4. The minimum absolute atomic E-state index is 0.222. The van der Waals surface area contributed by atoms with Crippen molar-refractivity contribution in [2.75, 3.05) is 0 Å². The van der Waals surface area contributed by atoms with Crippen LogP contribution in [0.5, 0.6) is 5.75 Å². The summed E-state index contributed by atoms with van der Waals surface area (Å²) >= 11 is 0. The van der Waals surface area contributed by atoms with Crippen LogP contribution in [-0.2, 0) is 19.1 Å². The molecular weight excluding hydrogens is 400 g/mol. The SMILES string of the molecule is CC=C(C)C(=O)O[C@@H]1c2c(ccc3ccc(=O)oc23)OC(C)(C)[C@@H]1OC(=O)C=C(C)C. The summed E-state index contributed by atoms with van der Waals surface area (Å²) in [6, 6.07) is 6.39. The summed E-state index contributed by atoms with van der Waals surface area (Å²) < 4.78 is 23.1. The van der Waals surface area contributed by atoms with Crippen LogP contribution in [-0.4, -0.2) is 23.6 Å². The number of hydrogen-bond acceptors (Lipinski definition) is 7. The number of ether oxygens (including phenoxy) is 3. The molecule has 0 fully saturated rings. The smallest absolute Gasteiger partial charge is 0.336 e. The molecule has 3 rings (SSSR count). The highest BCUT2D eigenvalue weighted by Crippen LogP contribution is 2.46. The molecule has 0 radical (unpaired) electrons. The summed E-state index contributed by atoms with van der Waals surface area (Å²) in [7, 11) is 0. The first-order valence-electron chi connectivity index (χ1n) is 9.98. The van der Waals surface area contributed by atoms with E-state index in [1.54, 1.807) is 65.8 Å². The van der Waals surface area contributed by atoms with Crippen LogP contribution < -0.4 is 10.4 Å². The van der Waals surface area contributed by atoms with E-state index in [9.17, 15) is 14.4 Å². The van der Waals surface area contributed by atoms with Gasteiger partial charge in [-0.15, -0.1) is 0 Å². The molecule has 1 aliphatic heterocycles. The normalized spacial score (nSPS) is 19.7. The van der Waals surface area contributed by atoms with Gasteiger partial charge in [-0.25, -0.2) is 14.4 Å². The standard InChI is InChI=1S/C24H26O7/c1-7-14(4)23(27)30-21-19-16(10-8-15-9-11-17(25)28-20(15)19)31-24(5,6)22(21)29-18(26)12-13(2)3/h7-12,21-22H,1-6H3/t21-,22-/m1/s1. The van der Waals surface area contributed by atoms with Crippen molar-refractivity contribution in [1.82, 2.24) is 0 Å². The molecule has 1 aromatic heterocycles. The topological polar surface area (TPSA) is 92.0 Å². The van der Waals surface area contributed by atoms with Gasteiger partial charge in [0.2, 0.25) is 0 Å². The second-order valence-corrected chi connectivity index (χ2v) is 8.23. The van der Waals surface area contributed by atoms with Crippen LogP contribution in [0.4, 0.5) is 0 Å². The Morgan fingerprint density at radius 1 is 1.06 bits per heavy atom. The number of fused-ring (bicyclic) bond motifs is 3. The van der Waals surface area contributed by atoms with Gasteiger partial charge in [0.1, 0.15) is 16.9 Å². The van der Waals surface area contributed by atoms with Gasteiger partial charge in [0, 0.05) is 23.1 Å². The third kappa shape index (κ3) is 4.55. The number of rotatable bonds is 4. The Morgan fingerprint density at radius 2 is 1.74 bits per heavy atom. The Bertz CT molecular complexity index is 1150. The highest BCUT2D eigenvalue weighted by Gasteiger charge is 2.50. The average Bonchev–Trinajstić information content (AvgIpc) is 2.68. The number of benzene rings is 1. The van der Waals surface area contributed by atoms with E-state index < -0.39 is 35.4 Å². The van der Waals surface area contributed by atoms with E-state index in [0.29, 0.717) is 22.3 Å². The third-order valence-corrected chi connectivity index (χ3v) is 5.04. The maximum absolute atomic E-state index is 12.7. The van der Waals surface area contributed by atoms with E-state index in [1.165, 1.54) is 12.1 Å². The Balaban J connectivity index is 2.22. The van der Waals surface area contributed by atoms with E-state index in [0.717, 1.165) is 5.57 Å². The predicted octanol–water partition coefficient (Wildman–Crippen LogP) is 4.39. The zero-order valence-corrected chi connectivity index (χ0v) is 18.5. The molecule has 31 heavy (non-hydrogen) atoms. The van der Waals surface area contributed by atoms with Crippen molar-refractivity contribution in [2.45, 2.75) is 59.4 Å². The first kappa shape index (κ1) is 22.3. The lowest BCUT2D eigenvalue weighted by molar-refractivity contribution is -0.185. The molecule has 7 nitrogen and oxygen atoms in total. The summed E-state index contributed by atoms with van der Waals surface area (Å²) in [4.78, 5) is 37.1. The fourth-order valence-electron chi connectivity index (χ4n) is 3.40. The van der Waals surface area contributed by atoms with E-state index in [-0.39, 0.29) is 5.58 Å². The van der Waals surface area contributed by atoms with E-state index in [2.05, 4.69) is 0 Å². The molecular formula is C24H26O7. The molecule has 2 heterocycles. The average molecular weight is 426 g/mol. The molecule has 2 aromatic rings. The molecule has 0 aliphatic carbocycles. The van der Waals surface area contributed by atoms with Gasteiger partial charge in [0.05, 0.1) is 5.56 Å². The van der Waals surface area contributed by atoms with Crippen LogP contribution in [0, 0.1) is 0 Å². The molecule has 2 atom stereocenters. The van der Waals surface area contributed by atoms with Gasteiger partial charge in [-0.3, -0.25) is 0 Å². The highest BCUT2D eigenvalue weighted by molar-refractivity contribution is 5.89. The van der Waals surface area contributed by atoms with Gasteiger partial charge < -0.3 is 18.6 Å². The van der Waals surface area contributed by atoms with Gasteiger partial charge in [0.25, 0.3) is 0 Å². The minimum atomic E-state index is -1.05. The van der Waals surface area contributed by atoms with Crippen LogP contribution in [0.1, 0.15) is 53.2 Å².